The molecule has 12 heteroatoms. The average Bonchev–Trinajstić information content (AvgIpc) is 3.44. The molecule has 0 spiro atoms. The van der Waals surface area contributed by atoms with Gasteiger partial charge in [0, 0.05) is 26.2 Å². The second kappa shape index (κ2) is 12.5. The van der Waals surface area contributed by atoms with Gasteiger partial charge < -0.3 is 14.4 Å². The van der Waals surface area contributed by atoms with Crippen LogP contribution in [0, 0.1) is 13.8 Å². The zero-order valence-corrected chi connectivity index (χ0v) is 25.6. The first-order valence-corrected chi connectivity index (χ1v) is 16.7. The molecule has 3 aromatic carbocycles. The van der Waals surface area contributed by atoms with Crippen molar-refractivity contribution in [2.45, 2.75) is 29.8 Å². The van der Waals surface area contributed by atoms with Crippen LogP contribution in [0.5, 0.6) is 5.75 Å². The summed E-state index contributed by atoms with van der Waals surface area (Å²) in [6.45, 7) is 6.68. The molecular weight excluding hydrogens is 576 g/mol. The molecule has 42 heavy (non-hydrogen) atoms. The number of amidine groups is 1. The standard InChI is InChI=1S/C30H36N4O6S2/c1-23-4-12-27(13-5-23)41(35,36)31-29(22-32-18-20-40-21-19-32)33-16-17-34(30(33)25-8-10-26(39-3)11-9-25)42(37,38)28-14-6-24(2)7-15-28/h4-15,30H,16-22H2,1-3H3/t30-/m1/s1. The van der Waals surface area contributed by atoms with Crippen molar-refractivity contribution in [2.24, 2.45) is 4.40 Å². The van der Waals surface area contributed by atoms with E-state index in [-0.39, 0.29) is 35.3 Å². The number of sulfonamides is 2. The third kappa shape index (κ3) is 6.52. The zero-order chi connectivity index (χ0) is 29.9. The summed E-state index contributed by atoms with van der Waals surface area (Å²) in [6, 6.07) is 20.4. The van der Waals surface area contributed by atoms with Crippen LogP contribution in [0.4, 0.5) is 0 Å². The Hall–Kier alpha value is -3.29. The van der Waals surface area contributed by atoms with E-state index in [1.165, 1.54) is 4.31 Å². The first-order chi connectivity index (χ1) is 20.1. The van der Waals surface area contributed by atoms with Crippen LogP contribution >= 0.6 is 0 Å². The van der Waals surface area contributed by atoms with Gasteiger partial charge in [0.05, 0.1) is 36.7 Å². The van der Waals surface area contributed by atoms with Crippen LogP contribution in [-0.2, 0) is 24.8 Å². The highest BCUT2D eigenvalue weighted by molar-refractivity contribution is 7.90. The molecule has 0 N–H and O–H groups in total. The topological polar surface area (TPSA) is 109 Å². The van der Waals surface area contributed by atoms with E-state index in [0.29, 0.717) is 37.6 Å². The highest BCUT2D eigenvalue weighted by Crippen LogP contribution is 2.36. The van der Waals surface area contributed by atoms with Crippen LogP contribution in [0.2, 0.25) is 0 Å². The summed E-state index contributed by atoms with van der Waals surface area (Å²) in [5.41, 5.74) is 2.55. The number of hydrogen-bond acceptors (Lipinski definition) is 7. The summed E-state index contributed by atoms with van der Waals surface area (Å²) >= 11 is 0. The van der Waals surface area contributed by atoms with Gasteiger partial charge in [-0.25, -0.2) is 8.42 Å². The molecule has 0 amide bonds. The van der Waals surface area contributed by atoms with E-state index >= 15 is 0 Å². The van der Waals surface area contributed by atoms with Gasteiger partial charge in [-0.1, -0.05) is 47.5 Å². The molecule has 5 rings (SSSR count). The molecule has 0 aromatic heterocycles. The maximum Gasteiger partial charge on any atom is 0.283 e. The molecule has 0 radical (unpaired) electrons. The minimum atomic E-state index is -4.09. The summed E-state index contributed by atoms with van der Waals surface area (Å²) in [6.07, 6.45) is -0.824. The molecule has 2 heterocycles. The van der Waals surface area contributed by atoms with Crippen molar-refractivity contribution in [2.75, 3.05) is 53.0 Å². The number of rotatable bonds is 8. The Balaban J connectivity index is 1.61. The van der Waals surface area contributed by atoms with Crippen molar-refractivity contribution in [1.29, 1.82) is 0 Å². The SMILES string of the molecule is COc1ccc([C@@H]2N(C(CN3CCOCC3)=NS(=O)(=O)c3ccc(C)cc3)CCN2S(=O)(=O)c2ccc(C)cc2)cc1. The van der Waals surface area contributed by atoms with Gasteiger partial charge >= 0.3 is 0 Å². The van der Waals surface area contributed by atoms with Crippen LogP contribution < -0.4 is 4.74 Å². The molecular formula is C30H36N4O6S2. The largest absolute Gasteiger partial charge is 0.497 e. The monoisotopic (exact) mass is 612 g/mol. The molecule has 0 saturated carbocycles. The number of ether oxygens (including phenoxy) is 2. The van der Waals surface area contributed by atoms with E-state index in [4.69, 9.17) is 9.47 Å². The number of nitrogens with zero attached hydrogens (tertiary/aromatic N) is 4. The zero-order valence-electron chi connectivity index (χ0n) is 24.0. The number of aryl methyl sites for hydroxylation is 2. The van der Waals surface area contributed by atoms with Crippen molar-refractivity contribution >= 4 is 25.9 Å². The fraction of sp³-hybridized carbons (Fsp3) is 0.367. The van der Waals surface area contributed by atoms with Crippen molar-refractivity contribution in [3.63, 3.8) is 0 Å². The lowest BCUT2D eigenvalue weighted by Gasteiger charge is -2.35. The molecule has 2 aliphatic heterocycles. The third-order valence-corrected chi connectivity index (χ3v) is 10.7. The summed E-state index contributed by atoms with van der Waals surface area (Å²) in [7, 11) is -6.47. The van der Waals surface area contributed by atoms with Gasteiger partial charge in [-0.3, -0.25) is 4.90 Å². The van der Waals surface area contributed by atoms with Crippen LogP contribution in [0.25, 0.3) is 0 Å². The molecule has 10 nitrogen and oxygen atoms in total. The van der Waals surface area contributed by atoms with E-state index in [0.717, 1.165) is 11.1 Å². The normalized spacial score (nSPS) is 19.3. The fourth-order valence-electron chi connectivity index (χ4n) is 5.13. The van der Waals surface area contributed by atoms with Crippen molar-refractivity contribution in [1.82, 2.24) is 14.1 Å². The predicted molar refractivity (Wildman–Crippen MR) is 161 cm³/mol. The smallest absolute Gasteiger partial charge is 0.283 e. The Morgan fingerprint density at radius 1 is 0.810 bits per heavy atom. The molecule has 2 aliphatic rings. The minimum absolute atomic E-state index is 0.0805. The Morgan fingerprint density at radius 3 is 1.95 bits per heavy atom. The summed E-state index contributed by atoms with van der Waals surface area (Å²) in [5.74, 6) is 0.903. The Labute approximate surface area is 248 Å². The lowest BCUT2D eigenvalue weighted by molar-refractivity contribution is 0.0438. The molecule has 1 atom stereocenters. The van der Waals surface area contributed by atoms with E-state index in [9.17, 15) is 16.8 Å². The fourth-order valence-corrected chi connectivity index (χ4v) is 7.73. The van der Waals surface area contributed by atoms with E-state index in [1.807, 2.05) is 13.8 Å². The molecule has 3 aromatic rings. The molecule has 2 fully saturated rings. The van der Waals surface area contributed by atoms with Crippen molar-refractivity contribution in [3.05, 3.63) is 89.5 Å². The van der Waals surface area contributed by atoms with Gasteiger partial charge in [-0.15, -0.1) is 4.40 Å². The van der Waals surface area contributed by atoms with Gasteiger partial charge in [-0.05, 0) is 55.8 Å². The Morgan fingerprint density at radius 2 is 1.38 bits per heavy atom. The average molecular weight is 613 g/mol. The van der Waals surface area contributed by atoms with Crippen LogP contribution in [0.3, 0.4) is 0 Å². The Kier molecular flexibility index (Phi) is 9.00. The van der Waals surface area contributed by atoms with E-state index in [1.54, 1.807) is 84.8 Å². The van der Waals surface area contributed by atoms with E-state index in [2.05, 4.69) is 9.30 Å². The van der Waals surface area contributed by atoms with Gasteiger partial charge in [0.2, 0.25) is 10.0 Å². The highest BCUT2D eigenvalue weighted by Gasteiger charge is 2.43. The van der Waals surface area contributed by atoms with Gasteiger partial charge in [-0.2, -0.15) is 12.7 Å². The number of morpholine rings is 1. The minimum Gasteiger partial charge on any atom is -0.497 e. The number of benzene rings is 3. The second-order valence-corrected chi connectivity index (χ2v) is 13.9. The lowest BCUT2D eigenvalue weighted by Crippen LogP contribution is -2.46. The van der Waals surface area contributed by atoms with Crippen molar-refractivity contribution < 1.29 is 26.3 Å². The highest BCUT2D eigenvalue weighted by atomic mass is 32.2. The quantitative estimate of drug-likeness (QED) is 0.281. The summed E-state index contributed by atoms with van der Waals surface area (Å²) < 4.78 is 71.9. The molecule has 0 unspecified atom stereocenters. The van der Waals surface area contributed by atoms with E-state index < -0.39 is 26.2 Å². The van der Waals surface area contributed by atoms with Crippen LogP contribution in [0.15, 0.2) is 87.0 Å². The van der Waals surface area contributed by atoms with Gasteiger partial charge in [0.1, 0.15) is 17.8 Å². The molecule has 2 saturated heterocycles. The van der Waals surface area contributed by atoms with Gasteiger partial charge in [0.25, 0.3) is 10.0 Å². The lowest BCUT2D eigenvalue weighted by atomic mass is 10.1. The maximum atomic E-state index is 14.0. The first kappa shape index (κ1) is 30.2. The molecule has 0 aliphatic carbocycles. The third-order valence-electron chi connectivity index (χ3n) is 7.52. The maximum absolute atomic E-state index is 14.0. The number of methoxy groups -OCH3 is 1. The van der Waals surface area contributed by atoms with Gasteiger partial charge in [0.15, 0.2) is 0 Å². The van der Waals surface area contributed by atoms with Crippen LogP contribution in [0.1, 0.15) is 22.9 Å². The molecule has 0 bridgehead atoms. The molecule has 224 valence electrons. The van der Waals surface area contributed by atoms with Crippen LogP contribution in [-0.4, -0.2) is 89.8 Å². The van der Waals surface area contributed by atoms with Crippen molar-refractivity contribution in [3.8, 4) is 5.75 Å². The number of hydrogen-bond donors (Lipinski definition) is 0. The Bertz CT molecular complexity index is 1620. The first-order valence-electron chi connectivity index (χ1n) is 13.8. The summed E-state index contributed by atoms with van der Waals surface area (Å²) in [5, 5.41) is 0. The second-order valence-electron chi connectivity index (χ2n) is 10.5. The predicted octanol–water partition coefficient (Wildman–Crippen LogP) is 3.44. The summed E-state index contributed by atoms with van der Waals surface area (Å²) in [4.78, 5) is 4.13.